The normalized spacial score (nSPS) is 30.7. The minimum Gasteiger partial charge on any atom is -0.392 e. The van der Waals surface area contributed by atoms with Crippen LogP contribution in [0.3, 0.4) is 0 Å². The maximum atomic E-state index is 11.7. The van der Waals surface area contributed by atoms with E-state index in [2.05, 4.69) is 10.6 Å². The SMILES string of the molecule is O=C(NCCCOCC1CCCO1)C1CC(O)CN1. The van der Waals surface area contributed by atoms with E-state index in [0.29, 0.717) is 32.7 Å². The molecule has 6 nitrogen and oxygen atoms in total. The second-order valence-electron chi connectivity index (χ2n) is 5.20. The average molecular weight is 272 g/mol. The summed E-state index contributed by atoms with van der Waals surface area (Å²) in [7, 11) is 0. The number of aliphatic hydroxyl groups is 1. The Kier molecular flexibility index (Phi) is 6.03. The fourth-order valence-corrected chi connectivity index (χ4v) is 2.42. The number of aliphatic hydroxyl groups excluding tert-OH is 1. The number of β-amino-alcohol motifs (C(OH)–C–C–N with tert-alkyl or cyclic N) is 1. The predicted octanol–water partition coefficient (Wildman–Crippen LogP) is -0.589. The monoisotopic (exact) mass is 272 g/mol. The molecular formula is C13H24N2O4. The summed E-state index contributed by atoms with van der Waals surface area (Å²) in [5.74, 6) is -0.0318. The Morgan fingerprint density at radius 1 is 1.53 bits per heavy atom. The van der Waals surface area contributed by atoms with Crippen LogP contribution < -0.4 is 10.6 Å². The number of carbonyl (C=O) groups excluding carboxylic acids is 1. The van der Waals surface area contributed by atoms with Crippen LogP contribution in [0, 0.1) is 0 Å². The van der Waals surface area contributed by atoms with Crippen molar-refractivity contribution in [2.45, 2.75) is 43.9 Å². The smallest absolute Gasteiger partial charge is 0.237 e. The van der Waals surface area contributed by atoms with Gasteiger partial charge in [-0.2, -0.15) is 0 Å². The highest BCUT2D eigenvalue weighted by molar-refractivity contribution is 5.82. The van der Waals surface area contributed by atoms with Crippen LogP contribution >= 0.6 is 0 Å². The van der Waals surface area contributed by atoms with E-state index in [1.54, 1.807) is 0 Å². The average Bonchev–Trinajstić information content (AvgIpc) is 3.04. The molecule has 2 fully saturated rings. The first-order chi connectivity index (χ1) is 9.25. The molecule has 3 unspecified atom stereocenters. The molecule has 19 heavy (non-hydrogen) atoms. The molecular weight excluding hydrogens is 248 g/mol. The molecule has 0 aromatic heterocycles. The molecule has 2 saturated heterocycles. The number of nitrogens with one attached hydrogen (secondary N) is 2. The highest BCUT2D eigenvalue weighted by Gasteiger charge is 2.27. The third-order valence-electron chi connectivity index (χ3n) is 3.52. The summed E-state index contributed by atoms with van der Waals surface area (Å²) < 4.78 is 11.0. The summed E-state index contributed by atoms with van der Waals surface area (Å²) in [6, 6.07) is -0.247. The van der Waals surface area contributed by atoms with Gasteiger partial charge in [-0.3, -0.25) is 4.79 Å². The minimum atomic E-state index is -0.398. The fraction of sp³-hybridized carbons (Fsp3) is 0.923. The molecule has 0 radical (unpaired) electrons. The summed E-state index contributed by atoms with van der Waals surface area (Å²) in [6.07, 6.45) is 3.38. The van der Waals surface area contributed by atoms with E-state index in [-0.39, 0.29) is 18.1 Å². The lowest BCUT2D eigenvalue weighted by atomic mass is 10.2. The van der Waals surface area contributed by atoms with Gasteiger partial charge >= 0.3 is 0 Å². The fourth-order valence-electron chi connectivity index (χ4n) is 2.42. The quantitative estimate of drug-likeness (QED) is 0.540. The van der Waals surface area contributed by atoms with Gasteiger partial charge in [0.25, 0.3) is 0 Å². The van der Waals surface area contributed by atoms with E-state index in [1.165, 1.54) is 0 Å². The van der Waals surface area contributed by atoms with Gasteiger partial charge in [-0.15, -0.1) is 0 Å². The molecule has 3 atom stereocenters. The second kappa shape index (κ2) is 7.79. The van der Waals surface area contributed by atoms with Gasteiger partial charge in [0, 0.05) is 26.3 Å². The lowest BCUT2D eigenvalue weighted by Gasteiger charge is -2.12. The van der Waals surface area contributed by atoms with Gasteiger partial charge in [0.05, 0.1) is 24.9 Å². The highest BCUT2D eigenvalue weighted by atomic mass is 16.5. The number of hydrogen-bond acceptors (Lipinski definition) is 5. The van der Waals surface area contributed by atoms with Crippen molar-refractivity contribution in [3.63, 3.8) is 0 Å². The van der Waals surface area contributed by atoms with Gasteiger partial charge in [0.1, 0.15) is 0 Å². The third-order valence-corrected chi connectivity index (χ3v) is 3.52. The Bertz CT molecular complexity index is 282. The van der Waals surface area contributed by atoms with Crippen molar-refractivity contribution in [3.8, 4) is 0 Å². The second-order valence-corrected chi connectivity index (χ2v) is 5.20. The van der Waals surface area contributed by atoms with Crippen molar-refractivity contribution in [2.75, 3.05) is 32.9 Å². The van der Waals surface area contributed by atoms with Gasteiger partial charge in [-0.05, 0) is 25.7 Å². The minimum absolute atomic E-state index is 0.0318. The molecule has 2 aliphatic heterocycles. The molecule has 2 rings (SSSR count). The number of carbonyl (C=O) groups is 1. The molecule has 6 heteroatoms. The van der Waals surface area contributed by atoms with Crippen LogP contribution in [-0.2, 0) is 14.3 Å². The van der Waals surface area contributed by atoms with Crippen molar-refractivity contribution in [1.29, 1.82) is 0 Å². The summed E-state index contributed by atoms with van der Waals surface area (Å²) in [4.78, 5) is 11.7. The predicted molar refractivity (Wildman–Crippen MR) is 69.8 cm³/mol. The van der Waals surface area contributed by atoms with Crippen molar-refractivity contribution in [1.82, 2.24) is 10.6 Å². The van der Waals surface area contributed by atoms with Gasteiger partial charge in [0.15, 0.2) is 0 Å². The Morgan fingerprint density at radius 2 is 2.42 bits per heavy atom. The topological polar surface area (TPSA) is 79.8 Å². The van der Waals surface area contributed by atoms with Crippen LogP contribution in [0.2, 0.25) is 0 Å². The van der Waals surface area contributed by atoms with Crippen molar-refractivity contribution < 1.29 is 19.4 Å². The molecule has 0 aliphatic carbocycles. The van der Waals surface area contributed by atoms with E-state index in [0.717, 1.165) is 25.9 Å². The standard InChI is InChI=1S/C13H24N2O4/c16-10-7-12(15-8-10)13(17)14-4-2-5-18-9-11-3-1-6-19-11/h10-12,15-16H,1-9H2,(H,14,17). The van der Waals surface area contributed by atoms with Crippen molar-refractivity contribution >= 4 is 5.91 Å². The van der Waals surface area contributed by atoms with Crippen LogP contribution in [0.25, 0.3) is 0 Å². The number of amides is 1. The Balaban J connectivity index is 1.44. The molecule has 2 aliphatic rings. The first-order valence-corrected chi connectivity index (χ1v) is 7.14. The van der Waals surface area contributed by atoms with Gasteiger partial charge in [-0.1, -0.05) is 0 Å². The molecule has 0 bridgehead atoms. The lowest BCUT2D eigenvalue weighted by molar-refractivity contribution is -0.123. The summed E-state index contributed by atoms with van der Waals surface area (Å²) in [5, 5.41) is 15.2. The number of ether oxygens (including phenoxy) is 2. The molecule has 0 aromatic rings. The summed E-state index contributed by atoms with van der Waals surface area (Å²) in [6.45, 7) is 3.26. The van der Waals surface area contributed by atoms with Gasteiger partial charge in [0.2, 0.25) is 5.91 Å². The van der Waals surface area contributed by atoms with E-state index in [9.17, 15) is 9.90 Å². The highest BCUT2D eigenvalue weighted by Crippen LogP contribution is 2.11. The van der Waals surface area contributed by atoms with Gasteiger partial charge in [-0.25, -0.2) is 0 Å². The Hall–Kier alpha value is -0.690. The van der Waals surface area contributed by atoms with Crippen LogP contribution in [0.15, 0.2) is 0 Å². The van der Waals surface area contributed by atoms with Crippen molar-refractivity contribution in [2.24, 2.45) is 0 Å². The zero-order chi connectivity index (χ0) is 13.5. The van der Waals surface area contributed by atoms with E-state index in [1.807, 2.05) is 0 Å². The zero-order valence-corrected chi connectivity index (χ0v) is 11.3. The lowest BCUT2D eigenvalue weighted by Crippen LogP contribution is -2.40. The molecule has 0 saturated carbocycles. The molecule has 0 aromatic carbocycles. The largest absolute Gasteiger partial charge is 0.392 e. The summed E-state index contributed by atoms with van der Waals surface area (Å²) in [5.41, 5.74) is 0. The zero-order valence-electron chi connectivity index (χ0n) is 11.3. The number of hydrogen-bond donors (Lipinski definition) is 3. The maximum Gasteiger partial charge on any atom is 0.237 e. The third kappa shape index (κ3) is 5.06. The molecule has 0 spiro atoms. The van der Waals surface area contributed by atoms with E-state index in [4.69, 9.17) is 9.47 Å². The van der Waals surface area contributed by atoms with Crippen molar-refractivity contribution in [3.05, 3.63) is 0 Å². The molecule has 110 valence electrons. The van der Waals surface area contributed by atoms with E-state index < -0.39 is 6.10 Å². The van der Waals surface area contributed by atoms with Crippen LogP contribution in [0.1, 0.15) is 25.7 Å². The summed E-state index contributed by atoms with van der Waals surface area (Å²) >= 11 is 0. The van der Waals surface area contributed by atoms with Crippen LogP contribution in [0.5, 0.6) is 0 Å². The Labute approximate surface area is 113 Å². The van der Waals surface area contributed by atoms with Crippen LogP contribution in [-0.4, -0.2) is 62.2 Å². The maximum absolute atomic E-state index is 11.7. The first kappa shape index (κ1) is 14.7. The number of rotatable bonds is 7. The molecule has 2 heterocycles. The molecule has 3 N–H and O–H groups in total. The van der Waals surface area contributed by atoms with E-state index >= 15 is 0 Å². The van der Waals surface area contributed by atoms with Gasteiger partial charge < -0.3 is 25.2 Å². The Morgan fingerprint density at radius 3 is 3.11 bits per heavy atom. The first-order valence-electron chi connectivity index (χ1n) is 7.14. The molecule has 1 amide bonds. The van der Waals surface area contributed by atoms with Crippen LogP contribution in [0.4, 0.5) is 0 Å².